The number of anilines is 2. The van der Waals surface area contributed by atoms with Gasteiger partial charge in [0, 0.05) is 49.6 Å². The van der Waals surface area contributed by atoms with Gasteiger partial charge in [-0.15, -0.1) is 11.3 Å². The maximum Gasteiger partial charge on any atom is 0.227 e. The van der Waals surface area contributed by atoms with Gasteiger partial charge >= 0.3 is 0 Å². The van der Waals surface area contributed by atoms with Gasteiger partial charge in [-0.2, -0.15) is 0 Å². The monoisotopic (exact) mass is 448 g/mol. The number of aromatic nitrogens is 1. The van der Waals surface area contributed by atoms with Crippen molar-refractivity contribution in [2.24, 2.45) is 5.92 Å². The Kier molecular flexibility index (Phi) is 6.15. The number of hydrogen-bond acceptors (Lipinski definition) is 6. The number of fused-ring (bicyclic) bond motifs is 1. The number of halogens is 1. The number of hydrogen-bond donors (Lipinski definition) is 1. The van der Waals surface area contributed by atoms with Crippen LogP contribution in [0.1, 0.15) is 23.9 Å². The van der Waals surface area contributed by atoms with E-state index in [4.69, 9.17) is 21.3 Å². The Bertz CT molecular complexity index is 956. The molecular weight excluding hydrogens is 424 g/mol. The first-order valence-electron chi connectivity index (χ1n) is 10.1. The molecule has 1 aromatic carbocycles. The highest BCUT2D eigenvalue weighted by Gasteiger charge is 2.29. The summed E-state index contributed by atoms with van der Waals surface area (Å²) in [5.41, 5.74) is 1.78. The minimum absolute atomic E-state index is 0.00639. The van der Waals surface area contributed by atoms with Gasteiger partial charge in [0.2, 0.25) is 11.8 Å². The van der Waals surface area contributed by atoms with Crippen LogP contribution in [0.25, 0.3) is 0 Å². The third kappa shape index (κ3) is 4.39. The van der Waals surface area contributed by atoms with E-state index >= 15 is 0 Å². The maximum atomic E-state index is 12.8. The van der Waals surface area contributed by atoms with Crippen molar-refractivity contribution in [1.82, 2.24) is 9.88 Å². The van der Waals surface area contributed by atoms with Gasteiger partial charge in [0.1, 0.15) is 5.75 Å². The molecule has 0 unspecified atom stereocenters. The molecule has 0 spiro atoms. The van der Waals surface area contributed by atoms with E-state index in [0.29, 0.717) is 22.9 Å². The van der Waals surface area contributed by atoms with E-state index < -0.39 is 0 Å². The van der Waals surface area contributed by atoms with Gasteiger partial charge in [0.05, 0.1) is 17.8 Å². The molecule has 1 saturated heterocycles. The van der Waals surface area contributed by atoms with Gasteiger partial charge in [0.15, 0.2) is 5.13 Å². The lowest BCUT2D eigenvalue weighted by atomic mass is 9.90. The SMILES string of the molecule is COc1ccc(NC(=O)[C@@H]2CCc3nc(N4CCN(C(C)=O)CC4)sc3C2)cc1Cl. The Morgan fingerprint density at radius 3 is 2.70 bits per heavy atom. The van der Waals surface area contributed by atoms with Crippen molar-refractivity contribution in [3.63, 3.8) is 0 Å². The quantitative estimate of drug-likeness (QED) is 0.777. The number of aryl methyl sites for hydroxylation is 1. The summed E-state index contributed by atoms with van der Waals surface area (Å²) in [6.07, 6.45) is 2.29. The fourth-order valence-electron chi connectivity index (χ4n) is 3.92. The summed E-state index contributed by atoms with van der Waals surface area (Å²) in [7, 11) is 1.56. The van der Waals surface area contributed by atoms with Crippen molar-refractivity contribution in [1.29, 1.82) is 0 Å². The molecular formula is C21H25ClN4O3S. The van der Waals surface area contributed by atoms with Crippen molar-refractivity contribution in [2.75, 3.05) is 43.5 Å². The summed E-state index contributed by atoms with van der Waals surface area (Å²) in [4.78, 5) is 34.5. The van der Waals surface area contributed by atoms with E-state index in [1.807, 2.05) is 4.90 Å². The number of amides is 2. The second-order valence-corrected chi connectivity index (χ2v) is 9.11. The first-order valence-corrected chi connectivity index (χ1v) is 11.3. The lowest BCUT2D eigenvalue weighted by Crippen LogP contribution is -2.48. The molecule has 0 radical (unpaired) electrons. The smallest absolute Gasteiger partial charge is 0.227 e. The first kappa shape index (κ1) is 20.9. The average molecular weight is 449 g/mol. The highest BCUT2D eigenvalue weighted by Crippen LogP contribution is 2.35. The number of benzene rings is 1. The topological polar surface area (TPSA) is 74.8 Å². The van der Waals surface area contributed by atoms with Crippen LogP contribution in [-0.2, 0) is 22.4 Å². The number of nitrogens with zero attached hydrogens (tertiary/aromatic N) is 3. The van der Waals surface area contributed by atoms with E-state index in [1.165, 1.54) is 4.88 Å². The van der Waals surface area contributed by atoms with Crippen molar-refractivity contribution in [2.45, 2.75) is 26.2 Å². The molecule has 7 nitrogen and oxygen atoms in total. The molecule has 1 aliphatic heterocycles. The molecule has 1 aromatic heterocycles. The summed E-state index contributed by atoms with van der Waals surface area (Å²) in [5.74, 6) is 0.631. The van der Waals surface area contributed by atoms with Gasteiger partial charge in [-0.05, 0) is 37.5 Å². The largest absolute Gasteiger partial charge is 0.495 e. The molecule has 1 fully saturated rings. The van der Waals surface area contributed by atoms with Crippen LogP contribution in [0.2, 0.25) is 5.02 Å². The lowest BCUT2D eigenvalue weighted by molar-refractivity contribution is -0.129. The van der Waals surface area contributed by atoms with Gasteiger partial charge in [0.25, 0.3) is 0 Å². The number of carbonyl (C=O) groups is 2. The molecule has 1 aliphatic carbocycles. The number of piperazine rings is 1. The summed E-state index contributed by atoms with van der Waals surface area (Å²) in [6, 6.07) is 5.25. The second-order valence-electron chi connectivity index (χ2n) is 7.64. The summed E-state index contributed by atoms with van der Waals surface area (Å²) >= 11 is 7.84. The first-order chi connectivity index (χ1) is 14.4. The van der Waals surface area contributed by atoms with Crippen molar-refractivity contribution < 1.29 is 14.3 Å². The molecule has 2 aromatic rings. The van der Waals surface area contributed by atoms with Crippen LogP contribution in [0, 0.1) is 5.92 Å². The predicted molar refractivity (Wildman–Crippen MR) is 119 cm³/mol. The predicted octanol–water partition coefficient (Wildman–Crippen LogP) is 3.22. The molecule has 1 N–H and O–H groups in total. The zero-order valence-corrected chi connectivity index (χ0v) is 18.7. The van der Waals surface area contributed by atoms with Crippen LogP contribution in [0.15, 0.2) is 18.2 Å². The molecule has 2 heterocycles. The van der Waals surface area contributed by atoms with Crippen molar-refractivity contribution in [3.05, 3.63) is 33.8 Å². The standard InChI is InChI=1S/C21H25ClN4O3S/c1-13(27)25-7-9-26(10-8-25)21-24-17-5-3-14(11-19(17)30-21)20(28)23-15-4-6-18(29-2)16(22)12-15/h4,6,12,14H,3,5,7-11H2,1-2H3,(H,23,28)/t14-/m1/s1. The van der Waals surface area contributed by atoms with Crippen molar-refractivity contribution in [3.8, 4) is 5.75 Å². The van der Waals surface area contributed by atoms with Gasteiger partial charge in [-0.25, -0.2) is 4.98 Å². The molecule has 0 bridgehead atoms. The number of rotatable bonds is 4. The molecule has 2 amide bonds. The van der Waals surface area contributed by atoms with Crippen LogP contribution in [0.4, 0.5) is 10.8 Å². The normalized spacial score (nSPS) is 18.7. The molecule has 160 valence electrons. The third-order valence-electron chi connectivity index (χ3n) is 5.71. The van der Waals surface area contributed by atoms with E-state index in [0.717, 1.165) is 49.8 Å². The number of nitrogens with one attached hydrogen (secondary N) is 1. The molecule has 4 rings (SSSR count). The molecule has 1 atom stereocenters. The third-order valence-corrected chi connectivity index (χ3v) is 7.19. The average Bonchev–Trinajstić information content (AvgIpc) is 3.17. The molecule has 0 saturated carbocycles. The van der Waals surface area contributed by atoms with E-state index in [9.17, 15) is 9.59 Å². The number of carbonyl (C=O) groups excluding carboxylic acids is 2. The van der Waals surface area contributed by atoms with Gasteiger partial charge < -0.3 is 19.9 Å². The lowest BCUT2D eigenvalue weighted by Gasteiger charge is -2.33. The minimum atomic E-state index is -0.0822. The zero-order chi connectivity index (χ0) is 21.3. The van der Waals surface area contributed by atoms with Crippen molar-refractivity contribution >= 4 is 45.6 Å². The second kappa shape index (κ2) is 8.81. The van der Waals surface area contributed by atoms with E-state index in [1.54, 1.807) is 43.6 Å². The fraction of sp³-hybridized carbons (Fsp3) is 0.476. The number of methoxy groups -OCH3 is 1. The Hall–Kier alpha value is -2.32. The Balaban J connectivity index is 1.38. The maximum absolute atomic E-state index is 12.8. The summed E-state index contributed by atoms with van der Waals surface area (Å²) in [5, 5.41) is 4.45. The van der Waals surface area contributed by atoms with Crippen LogP contribution >= 0.6 is 22.9 Å². The van der Waals surface area contributed by atoms with E-state index in [2.05, 4.69) is 10.2 Å². The Morgan fingerprint density at radius 2 is 2.03 bits per heavy atom. The molecule has 2 aliphatic rings. The number of ether oxygens (including phenoxy) is 1. The van der Waals surface area contributed by atoms with Crippen LogP contribution in [0.5, 0.6) is 5.75 Å². The summed E-state index contributed by atoms with van der Waals surface area (Å²) < 4.78 is 5.16. The van der Waals surface area contributed by atoms with Crippen LogP contribution in [-0.4, -0.2) is 55.0 Å². The number of thiazole rings is 1. The molecule has 30 heavy (non-hydrogen) atoms. The van der Waals surface area contributed by atoms with E-state index in [-0.39, 0.29) is 17.7 Å². The Labute approximate surface area is 185 Å². The zero-order valence-electron chi connectivity index (χ0n) is 17.1. The highest BCUT2D eigenvalue weighted by molar-refractivity contribution is 7.15. The van der Waals surface area contributed by atoms with Crippen LogP contribution in [0.3, 0.4) is 0 Å². The Morgan fingerprint density at radius 1 is 1.27 bits per heavy atom. The molecule has 9 heteroatoms. The summed E-state index contributed by atoms with van der Waals surface area (Å²) in [6.45, 7) is 4.68. The fourth-order valence-corrected chi connectivity index (χ4v) is 5.42. The van der Waals surface area contributed by atoms with Gasteiger partial charge in [-0.1, -0.05) is 11.6 Å². The highest BCUT2D eigenvalue weighted by atomic mass is 35.5. The van der Waals surface area contributed by atoms with Crippen LogP contribution < -0.4 is 15.0 Å². The minimum Gasteiger partial charge on any atom is -0.495 e. The van der Waals surface area contributed by atoms with Gasteiger partial charge in [-0.3, -0.25) is 9.59 Å².